The molecule has 0 bridgehead atoms. The van der Waals surface area contributed by atoms with Crippen molar-refractivity contribution >= 4 is 0 Å². The molecule has 2 aromatic carbocycles. The van der Waals surface area contributed by atoms with Crippen molar-refractivity contribution in [3.63, 3.8) is 0 Å². The van der Waals surface area contributed by atoms with Gasteiger partial charge in [-0.1, -0.05) is 30.3 Å². The van der Waals surface area contributed by atoms with Crippen LogP contribution in [0.4, 0.5) is 0 Å². The molecule has 0 unspecified atom stereocenters. The van der Waals surface area contributed by atoms with Crippen LogP contribution in [0.15, 0.2) is 54.9 Å². The Balaban J connectivity index is 2.09. The molecule has 148 valence electrons. The highest BCUT2D eigenvalue weighted by Crippen LogP contribution is 2.34. The van der Waals surface area contributed by atoms with Crippen molar-refractivity contribution in [2.24, 2.45) is 0 Å². The Kier molecular flexibility index (Phi) is 6.49. The van der Waals surface area contributed by atoms with Gasteiger partial charge in [0, 0.05) is 23.2 Å². The summed E-state index contributed by atoms with van der Waals surface area (Å²) in [6.07, 6.45) is 2.11. The van der Waals surface area contributed by atoms with Crippen molar-refractivity contribution in [3.05, 3.63) is 60.4 Å². The second kappa shape index (κ2) is 9.04. The lowest BCUT2D eigenvalue weighted by atomic mass is 10.0. The van der Waals surface area contributed by atoms with E-state index in [9.17, 15) is 10.2 Å². The van der Waals surface area contributed by atoms with E-state index in [1.54, 1.807) is 6.92 Å². The van der Waals surface area contributed by atoms with Crippen LogP contribution in [0.2, 0.25) is 0 Å². The van der Waals surface area contributed by atoms with Gasteiger partial charge in [0.25, 0.3) is 0 Å². The number of hydrogen-bond acceptors (Lipinski definition) is 4. The van der Waals surface area contributed by atoms with Crippen LogP contribution in [0.3, 0.4) is 0 Å². The second-order valence-electron chi connectivity index (χ2n) is 7.29. The Morgan fingerprint density at radius 2 is 1.79 bits per heavy atom. The van der Waals surface area contributed by atoms with Crippen molar-refractivity contribution in [2.75, 3.05) is 0 Å². The lowest BCUT2D eigenvalue weighted by Gasteiger charge is -2.16. The molecular formula is C23H28N2O3. The standard InChI is InChI=1S/C23H28N2O3/c1-16(2)28-21-10-9-19(13-20(21)14-26)23-22(18-7-5-4-6-8-18)24-15-25(23)12-11-17(3)27/h4-10,13,15-17,26-27H,11-12,14H2,1-3H3/t17-/m0/s1. The summed E-state index contributed by atoms with van der Waals surface area (Å²) in [5.74, 6) is 0.692. The van der Waals surface area contributed by atoms with Gasteiger partial charge in [-0.25, -0.2) is 4.98 Å². The van der Waals surface area contributed by atoms with Gasteiger partial charge >= 0.3 is 0 Å². The quantitative estimate of drug-likeness (QED) is 0.612. The molecule has 0 saturated heterocycles. The molecule has 1 atom stereocenters. The second-order valence-corrected chi connectivity index (χ2v) is 7.29. The predicted molar refractivity (Wildman–Crippen MR) is 111 cm³/mol. The van der Waals surface area contributed by atoms with Crippen LogP contribution in [0, 0.1) is 0 Å². The lowest BCUT2D eigenvalue weighted by Crippen LogP contribution is -2.09. The van der Waals surface area contributed by atoms with Gasteiger partial charge in [0.05, 0.1) is 36.5 Å². The van der Waals surface area contributed by atoms with E-state index in [4.69, 9.17) is 4.74 Å². The molecule has 1 heterocycles. The lowest BCUT2D eigenvalue weighted by molar-refractivity contribution is 0.178. The summed E-state index contributed by atoms with van der Waals surface area (Å²) in [4.78, 5) is 4.65. The topological polar surface area (TPSA) is 67.5 Å². The molecule has 0 amide bonds. The summed E-state index contributed by atoms with van der Waals surface area (Å²) in [5, 5.41) is 19.6. The minimum absolute atomic E-state index is 0.0348. The normalized spacial score (nSPS) is 12.4. The zero-order valence-electron chi connectivity index (χ0n) is 16.7. The zero-order valence-corrected chi connectivity index (χ0v) is 16.7. The fraction of sp³-hybridized carbons (Fsp3) is 0.348. The average molecular weight is 380 g/mol. The maximum Gasteiger partial charge on any atom is 0.125 e. The Bertz CT molecular complexity index is 901. The van der Waals surface area contributed by atoms with E-state index in [2.05, 4.69) is 9.55 Å². The van der Waals surface area contributed by atoms with Crippen molar-refractivity contribution < 1.29 is 14.9 Å². The summed E-state index contributed by atoms with van der Waals surface area (Å²) >= 11 is 0. The largest absolute Gasteiger partial charge is 0.491 e. The fourth-order valence-corrected chi connectivity index (χ4v) is 3.21. The summed E-state index contributed by atoms with van der Waals surface area (Å²) in [6, 6.07) is 15.9. The average Bonchev–Trinajstić information content (AvgIpc) is 3.11. The van der Waals surface area contributed by atoms with Crippen LogP contribution in [0.1, 0.15) is 32.8 Å². The monoisotopic (exact) mass is 380 g/mol. The number of aliphatic hydroxyl groups excluding tert-OH is 2. The number of imidazole rings is 1. The van der Waals surface area contributed by atoms with Crippen LogP contribution in [-0.4, -0.2) is 32.0 Å². The Labute approximate surface area is 166 Å². The van der Waals surface area contributed by atoms with Crippen LogP contribution in [0.5, 0.6) is 5.75 Å². The smallest absolute Gasteiger partial charge is 0.125 e. The van der Waals surface area contributed by atoms with E-state index < -0.39 is 0 Å². The Morgan fingerprint density at radius 3 is 2.43 bits per heavy atom. The number of aliphatic hydroxyl groups is 2. The minimum Gasteiger partial charge on any atom is -0.491 e. The molecule has 0 fully saturated rings. The van der Waals surface area contributed by atoms with Gasteiger partial charge in [-0.2, -0.15) is 0 Å². The van der Waals surface area contributed by atoms with Gasteiger partial charge in [0.15, 0.2) is 0 Å². The maximum absolute atomic E-state index is 9.85. The minimum atomic E-state index is -0.384. The van der Waals surface area contributed by atoms with E-state index in [0.717, 1.165) is 28.1 Å². The van der Waals surface area contributed by atoms with Gasteiger partial charge in [-0.05, 0) is 45.4 Å². The van der Waals surface area contributed by atoms with Gasteiger partial charge in [-0.3, -0.25) is 0 Å². The maximum atomic E-state index is 9.85. The number of hydrogen-bond donors (Lipinski definition) is 2. The number of aryl methyl sites for hydroxylation is 1. The zero-order chi connectivity index (χ0) is 20.1. The molecule has 2 N–H and O–H groups in total. The third-order valence-electron chi connectivity index (χ3n) is 4.54. The van der Waals surface area contributed by atoms with Crippen LogP contribution < -0.4 is 4.74 Å². The van der Waals surface area contributed by atoms with E-state index in [1.165, 1.54) is 0 Å². The van der Waals surface area contributed by atoms with E-state index in [-0.39, 0.29) is 18.8 Å². The highest BCUT2D eigenvalue weighted by atomic mass is 16.5. The summed E-state index contributed by atoms with van der Waals surface area (Å²) in [7, 11) is 0. The first-order chi connectivity index (χ1) is 13.5. The molecule has 0 aliphatic rings. The molecule has 5 heteroatoms. The van der Waals surface area contributed by atoms with Crippen molar-refractivity contribution in [2.45, 2.75) is 52.6 Å². The summed E-state index contributed by atoms with van der Waals surface area (Å²) in [5.41, 5.74) is 4.59. The molecule has 0 aliphatic heterocycles. The number of ether oxygens (including phenoxy) is 1. The Hall–Kier alpha value is -2.63. The number of benzene rings is 2. The predicted octanol–water partition coefficient (Wildman–Crippen LogP) is 4.27. The molecular weight excluding hydrogens is 352 g/mol. The molecule has 3 aromatic rings. The van der Waals surface area contributed by atoms with Gasteiger partial charge < -0.3 is 19.5 Å². The van der Waals surface area contributed by atoms with Gasteiger partial charge in [-0.15, -0.1) is 0 Å². The molecule has 1 aromatic heterocycles. The van der Waals surface area contributed by atoms with E-state index >= 15 is 0 Å². The van der Waals surface area contributed by atoms with Gasteiger partial charge in [0.1, 0.15) is 5.75 Å². The molecule has 5 nitrogen and oxygen atoms in total. The van der Waals surface area contributed by atoms with Crippen molar-refractivity contribution in [1.29, 1.82) is 0 Å². The summed E-state index contributed by atoms with van der Waals surface area (Å²) in [6.45, 7) is 6.28. The molecule has 0 spiro atoms. The highest BCUT2D eigenvalue weighted by molar-refractivity contribution is 5.79. The first-order valence-corrected chi connectivity index (χ1v) is 9.69. The molecule has 3 rings (SSSR count). The fourth-order valence-electron chi connectivity index (χ4n) is 3.21. The summed E-state index contributed by atoms with van der Waals surface area (Å²) < 4.78 is 7.88. The third-order valence-corrected chi connectivity index (χ3v) is 4.54. The first-order valence-electron chi connectivity index (χ1n) is 9.69. The van der Waals surface area contributed by atoms with Crippen LogP contribution in [0.25, 0.3) is 22.5 Å². The number of rotatable bonds is 8. The Morgan fingerprint density at radius 1 is 1.04 bits per heavy atom. The third kappa shape index (κ3) is 4.61. The van der Waals surface area contributed by atoms with E-state index in [1.807, 2.05) is 68.7 Å². The molecule has 0 saturated carbocycles. The SMILES string of the molecule is CC(C)Oc1ccc(-c2c(-c3ccccc3)ncn2CC[C@H](C)O)cc1CO. The number of nitrogens with zero attached hydrogens (tertiary/aromatic N) is 2. The number of aromatic nitrogens is 2. The first kappa shape index (κ1) is 20.1. The van der Waals surface area contributed by atoms with E-state index in [0.29, 0.717) is 18.7 Å². The van der Waals surface area contributed by atoms with Crippen LogP contribution >= 0.6 is 0 Å². The molecule has 0 aliphatic carbocycles. The highest BCUT2D eigenvalue weighted by Gasteiger charge is 2.17. The molecule has 28 heavy (non-hydrogen) atoms. The molecule has 0 radical (unpaired) electrons. The van der Waals surface area contributed by atoms with Crippen molar-refractivity contribution in [1.82, 2.24) is 9.55 Å². The van der Waals surface area contributed by atoms with Crippen molar-refractivity contribution in [3.8, 4) is 28.3 Å². The van der Waals surface area contributed by atoms with Crippen LogP contribution in [-0.2, 0) is 13.2 Å². The van der Waals surface area contributed by atoms with Gasteiger partial charge in [0.2, 0.25) is 0 Å².